The Morgan fingerprint density at radius 2 is 2.00 bits per heavy atom. The van der Waals surface area contributed by atoms with E-state index in [0.29, 0.717) is 6.04 Å². The fourth-order valence-corrected chi connectivity index (χ4v) is 3.66. The molecule has 5 heteroatoms. The number of rotatable bonds is 7. The minimum Gasteiger partial charge on any atom is -0.379 e. The molecule has 1 atom stereocenters. The number of hydrogen-bond donors (Lipinski definition) is 1. The number of morpholine rings is 1. The van der Waals surface area contributed by atoms with Gasteiger partial charge in [-0.1, -0.05) is 18.2 Å². The highest BCUT2D eigenvalue weighted by atomic mass is 19.1. The molecule has 2 saturated heterocycles. The zero-order valence-electron chi connectivity index (χ0n) is 14.0. The molecule has 0 bridgehead atoms. The van der Waals surface area contributed by atoms with Gasteiger partial charge in [-0.2, -0.15) is 0 Å². The molecule has 0 amide bonds. The van der Waals surface area contributed by atoms with Crippen LogP contribution in [0.15, 0.2) is 24.3 Å². The smallest absolute Gasteiger partial charge is 0.126 e. The molecule has 2 heterocycles. The molecule has 1 aromatic carbocycles. The zero-order chi connectivity index (χ0) is 16.1. The highest BCUT2D eigenvalue weighted by Crippen LogP contribution is 2.24. The average Bonchev–Trinajstić information content (AvgIpc) is 2.54. The maximum atomic E-state index is 14.0. The lowest BCUT2D eigenvalue weighted by Crippen LogP contribution is -2.61. The van der Waals surface area contributed by atoms with Gasteiger partial charge in [-0.25, -0.2) is 4.39 Å². The molecular formula is C18H28FN3O. The van der Waals surface area contributed by atoms with E-state index in [2.05, 4.69) is 15.1 Å². The molecule has 0 unspecified atom stereocenters. The third-order valence-corrected chi connectivity index (χ3v) is 5.09. The Bertz CT molecular complexity index is 487. The van der Waals surface area contributed by atoms with Crippen LogP contribution in [0.5, 0.6) is 0 Å². The van der Waals surface area contributed by atoms with Crippen LogP contribution in [0.2, 0.25) is 0 Å². The first-order valence-electron chi connectivity index (χ1n) is 8.71. The van der Waals surface area contributed by atoms with E-state index in [-0.39, 0.29) is 11.7 Å². The molecule has 23 heavy (non-hydrogen) atoms. The van der Waals surface area contributed by atoms with Crippen molar-refractivity contribution in [2.45, 2.75) is 18.4 Å². The first-order valence-corrected chi connectivity index (χ1v) is 8.71. The Morgan fingerprint density at radius 1 is 1.26 bits per heavy atom. The number of nitrogens with zero attached hydrogens (tertiary/aromatic N) is 2. The van der Waals surface area contributed by atoms with Crippen molar-refractivity contribution in [3.05, 3.63) is 35.6 Å². The van der Waals surface area contributed by atoms with Crippen LogP contribution in [0.25, 0.3) is 0 Å². The van der Waals surface area contributed by atoms with Gasteiger partial charge in [-0.15, -0.1) is 0 Å². The highest BCUT2D eigenvalue weighted by Gasteiger charge is 2.32. The largest absolute Gasteiger partial charge is 0.379 e. The first kappa shape index (κ1) is 16.8. The predicted molar refractivity (Wildman–Crippen MR) is 90.3 cm³/mol. The van der Waals surface area contributed by atoms with Crippen LogP contribution in [-0.2, 0) is 4.74 Å². The standard InChI is InChI=1S/C18H28FN3O/c1-20-12-15(17-4-2-3-5-18(17)19)6-7-21-13-16(14-21)22-8-10-23-11-9-22/h2-5,15-16,20H,6-14H2,1H3/t15-/m1/s1. The number of likely N-dealkylation sites (tertiary alicyclic amines) is 1. The highest BCUT2D eigenvalue weighted by molar-refractivity contribution is 5.22. The monoisotopic (exact) mass is 321 g/mol. The second kappa shape index (κ2) is 8.20. The van der Waals surface area contributed by atoms with Gasteiger partial charge in [0.15, 0.2) is 0 Å². The van der Waals surface area contributed by atoms with Gasteiger partial charge < -0.3 is 15.0 Å². The summed E-state index contributed by atoms with van der Waals surface area (Å²) in [5.41, 5.74) is 0.840. The summed E-state index contributed by atoms with van der Waals surface area (Å²) in [6.07, 6.45) is 0.998. The van der Waals surface area contributed by atoms with Crippen molar-refractivity contribution in [2.75, 3.05) is 59.5 Å². The minimum atomic E-state index is -0.0810. The van der Waals surface area contributed by atoms with Crippen LogP contribution < -0.4 is 5.32 Å². The lowest BCUT2D eigenvalue weighted by molar-refractivity contribution is -0.0325. The SMILES string of the molecule is CNC[C@@H](CCN1CC(N2CCOCC2)C1)c1ccccc1F. The molecule has 1 aromatic rings. The summed E-state index contributed by atoms with van der Waals surface area (Å²) in [7, 11) is 1.94. The molecule has 0 aromatic heterocycles. The third-order valence-electron chi connectivity index (χ3n) is 5.09. The van der Waals surface area contributed by atoms with E-state index in [1.54, 1.807) is 12.1 Å². The molecular weight excluding hydrogens is 293 g/mol. The van der Waals surface area contributed by atoms with E-state index in [4.69, 9.17) is 4.74 Å². The van der Waals surface area contributed by atoms with Crippen molar-refractivity contribution in [2.24, 2.45) is 0 Å². The topological polar surface area (TPSA) is 27.7 Å². The summed E-state index contributed by atoms with van der Waals surface area (Å²) < 4.78 is 19.4. The number of nitrogens with one attached hydrogen (secondary N) is 1. The molecule has 128 valence electrons. The lowest BCUT2D eigenvalue weighted by Gasteiger charge is -2.47. The summed E-state index contributed by atoms with van der Waals surface area (Å²) in [6.45, 7) is 8.02. The summed E-state index contributed by atoms with van der Waals surface area (Å²) >= 11 is 0. The van der Waals surface area contributed by atoms with Crippen molar-refractivity contribution in [3.63, 3.8) is 0 Å². The van der Waals surface area contributed by atoms with Crippen LogP contribution in [0.4, 0.5) is 4.39 Å². The van der Waals surface area contributed by atoms with Crippen molar-refractivity contribution < 1.29 is 9.13 Å². The van der Waals surface area contributed by atoms with E-state index in [1.807, 2.05) is 19.2 Å². The summed E-state index contributed by atoms with van der Waals surface area (Å²) in [5, 5.41) is 3.21. The molecule has 1 N–H and O–H groups in total. The molecule has 4 nitrogen and oxygen atoms in total. The fraction of sp³-hybridized carbons (Fsp3) is 0.667. The van der Waals surface area contributed by atoms with Crippen LogP contribution in [0.3, 0.4) is 0 Å². The second-order valence-corrected chi connectivity index (χ2v) is 6.63. The van der Waals surface area contributed by atoms with Gasteiger partial charge in [-0.3, -0.25) is 4.90 Å². The molecule has 0 radical (unpaired) electrons. The van der Waals surface area contributed by atoms with Gasteiger partial charge in [0.1, 0.15) is 5.82 Å². The van der Waals surface area contributed by atoms with Gasteiger partial charge in [-0.05, 0) is 31.6 Å². The number of ether oxygens (including phenoxy) is 1. The molecule has 2 fully saturated rings. The molecule has 2 aliphatic rings. The second-order valence-electron chi connectivity index (χ2n) is 6.63. The Balaban J connectivity index is 1.46. The Labute approximate surface area is 138 Å². The van der Waals surface area contributed by atoms with Gasteiger partial charge >= 0.3 is 0 Å². The van der Waals surface area contributed by atoms with E-state index in [9.17, 15) is 4.39 Å². The minimum absolute atomic E-state index is 0.0810. The number of likely N-dealkylation sites (N-methyl/N-ethyl adjacent to an activating group) is 1. The quantitative estimate of drug-likeness (QED) is 0.824. The molecule has 0 aliphatic carbocycles. The van der Waals surface area contributed by atoms with Crippen molar-refractivity contribution in [1.82, 2.24) is 15.1 Å². The van der Waals surface area contributed by atoms with Gasteiger partial charge in [0, 0.05) is 44.7 Å². The summed E-state index contributed by atoms with van der Waals surface area (Å²) in [4.78, 5) is 5.03. The Kier molecular flexibility index (Phi) is 6.00. The Morgan fingerprint density at radius 3 is 2.70 bits per heavy atom. The molecule has 0 saturated carbocycles. The van der Waals surface area contributed by atoms with E-state index < -0.39 is 0 Å². The van der Waals surface area contributed by atoms with Crippen molar-refractivity contribution >= 4 is 0 Å². The maximum Gasteiger partial charge on any atom is 0.126 e. The van der Waals surface area contributed by atoms with E-state index in [0.717, 1.165) is 64.5 Å². The normalized spacial score (nSPS) is 22.0. The van der Waals surface area contributed by atoms with Gasteiger partial charge in [0.25, 0.3) is 0 Å². The van der Waals surface area contributed by atoms with Crippen LogP contribution in [0.1, 0.15) is 17.9 Å². The van der Waals surface area contributed by atoms with E-state index in [1.165, 1.54) is 0 Å². The third kappa shape index (κ3) is 4.29. The van der Waals surface area contributed by atoms with Gasteiger partial charge in [0.05, 0.1) is 13.2 Å². The number of halogens is 1. The van der Waals surface area contributed by atoms with Crippen molar-refractivity contribution in [3.8, 4) is 0 Å². The molecule has 3 rings (SSSR count). The maximum absolute atomic E-state index is 14.0. The van der Waals surface area contributed by atoms with Crippen LogP contribution in [-0.4, -0.2) is 75.4 Å². The van der Waals surface area contributed by atoms with Crippen molar-refractivity contribution in [1.29, 1.82) is 0 Å². The van der Waals surface area contributed by atoms with Gasteiger partial charge in [0.2, 0.25) is 0 Å². The summed E-state index contributed by atoms with van der Waals surface area (Å²) in [5.74, 6) is 0.159. The zero-order valence-corrected chi connectivity index (χ0v) is 14.0. The number of benzene rings is 1. The average molecular weight is 321 g/mol. The van der Waals surface area contributed by atoms with E-state index >= 15 is 0 Å². The first-order chi connectivity index (χ1) is 11.3. The molecule has 0 spiro atoms. The Hall–Kier alpha value is -1.01. The summed E-state index contributed by atoms with van der Waals surface area (Å²) in [6, 6.07) is 7.87. The number of hydrogen-bond acceptors (Lipinski definition) is 4. The fourth-order valence-electron chi connectivity index (χ4n) is 3.66. The van der Waals surface area contributed by atoms with Crippen LogP contribution in [0, 0.1) is 5.82 Å². The lowest BCUT2D eigenvalue weighted by atomic mass is 9.94. The van der Waals surface area contributed by atoms with Crippen LogP contribution >= 0.6 is 0 Å². The molecule has 2 aliphatic heterocycles. The predicted octanol–water partition coefficient (Wildman–Crippen LogP) is 1.54.